The van der Waals surface area contributed by atoms with Crippen molar-refractivity contribution in [3.05, 3.63) is 0 Å². The molecule has 1 atom stereocenters. The lowest BCUT2D eigenvalue weighted by molar-refractivity contribution is -0.136. The summed E-state index contributed by atoms with van der Waals surface area (Å²) in [7, 11) is -2.34. The minimum absolute atomic E-state index is 0.478. The van der Waals surface area contributed by atoms with Crippen LogP contribution >= 0.6 is 0 Å². The van der Waals surface area contributed by atoms with Gasteiger partial charge in [0.15, 0.2) is 0 Å². The number of amides is 1. The molecule has 0 radical (unpaired) electrons. The normalized spacial score (nSPS) is 13.2. The topological polar surface area (TPSA) is 113 Å². The molecule has 0 heterocycles. The number of carboxylic acids is 1. The van der Waals surface area contributed by atoms with Crippen LogP contribution in [0, 0.1) is 0 Å². The first kappa shape index (κ1) is 13.8. The average Bonchev–Trinajstić information content (AvgIpc) is 2.13. The Kier molecular flexibility index (Phi) is 5.23. The number of nitrogens with one attached hydrogen (secondary N) is 2. The molecule has 88 valence electrons. The zero-order valence-corrected chi connectivity index (χ0v) is 9.30. The van der Waals surface area contributed by atoms with E-state index in [4.69, 9.17) is 5.11 Å². The number of hydrogen-bond acceptors (Lipinski definition) is 4. The molecule has 0 aliphatic rings. The summed E-state index contributed by atoms with van der Waals surface area (Å²) >= 11 is 0. The average molecular weight is 238 g/mol. The Hall–Kier alpha value is -1.15. The molecule has 0 aromatic heterocycles. The minimum atomic E-state index is -3.72. The number of sulfonamides is 1. The summed E-state index contributed by atoms with van der Waals surface area (Å²) in [6.45, 7) is 1.37. The van der Waals surface area contributed by atoms with Gasteiger partial charge in [-0.1, -0.05) is 0 Å². The summed E-state index contributed by atoms with van der Waals surface area (Å²) < 4.78 is 24.5. The van der Waals surface area contributed by atoms with Gasteiger partial charge in [-0.2, -0.15) is 0 Å². The van der Waals surface area contributed by atoms with Crippen molar-refractivity contribution in [3.63, 3.8) is 0 Å². The monoisotopic (exact) mass is 238 g/mol. The number of carbonyl (C=O) groups excluding carboxylic acids is 1. The highest BCUT2D eigenvalue weighted by Crippen LogP contribution is 1.93. The van der Waals surface area contributed by atoms with Crippen LogP contribution in [0.2, 0.25) is 0 Å². The SMILES string of the molecule is CNC(=O)C(C)NS(=O)(=O)CCC(=O)O. The van der Waals surface area contributed by atoms with Crippen molar-refractivity contribution < 1.29 is 23.1 Å². The molecular weight excluding hydrogens is 224 g/mol. The number of likely N-dealkylation sites (N-methyl/N-ethyl adjacent to an activating group) is 1. The van der Waals surface area contributed by atoms with Gasteiger partial charge in [0, 0.05) is 7.05 Å². The molecule has 0 fully saturated rings. The number of hydrogen-bond donors (Lipinski definition) is 3. The highest BCUT2D eigenvalue weighted by molar-refractivity contribution is 7.89. The van der Waals surface area contributed by atoms with E-state index < -0.39 is 40.1 Å². The molecule has 0 aliphatic heterocycles. The maximum absolute atomic E-state index is 11.2. The van der Waals surface area contributed by atoms with Crippen LogP contribution in [0.15, 0.2) is 0 Å². The lowest BCUT2D eigenvalue weighted by atomic mass is 10.3. The van der Waals surface area contributed by atoms with Crippen LogP contribution < -0.4 is 10.0 Å². The molecule has 0 aromatic rings. The predicted octanol–water partition coefficient (Wildman–Crippen LogP) is -1.48. The Labute approximate surface area is 87.9 Å². The third-order valence-electron chi connectivity index (χ3n) is 1.58. The molecule has 0 saturated heterocycles. The van der Waals surface area contributed by atoms with Crippen LogP contribution in [0.25, 0.3) is 0 Å². The summed E-state index contributed by atoms with van der Waals surface area (Å²) in [6.07, 6.45) is -0.490. The molecule has 0 saturated carbocycles. The zero-order chi connectivity index (χ0) is 12.1. The third-order valence-corrected chi connectivity index (χ3v) is 3.03. The number of aliphatic carboxylic acids is 1. The van der Waals surface area contributed by atoms with Crippen LogP contribution in [0.5, 0.6) is 0 Å². The van der Waals surface area contributed by atoms with Gasteiger partial charge < -0.3 is 10.4 Å². The van der Waals surface area contributed by atoms with Gasteiger partial charge in [-0.3, -0.25) is 9.59 Å². The molecule has 1 unspecified atom stereocenters. The molecule has 0 spiro atoms. The van der Waals surface area contributed by atoms with Crippen molar-refractivity contribution in [2.45, 2.75) is 19.4 Å². The Morgan fingerprint density at radius 1 is 1.40 bits per heavy atom. The molecule has 0 aliphatic carbocycles. The minimum Gasteiger partial charge on any atom is -0.481 e. The second kappa shape index (κ2) is 5.66. The Bertz CT molecular complexity index is 337. The predicted molar refractivity (Wildman–Crippen MR) is 52.7 cm³/mol. The Morgan fingerprint density at radius 3 is 2.33 bits per heavy atom. The lowest BCUT2D eigenvalue weighted by Gasteiger charge is -2.11. The van der Waals surface area contributed by atoms with Crippen molar-refractivity contribution in [1.82, 2.24) is 10.0 Å². The third kappa shape index (κ3) is 6.02. The van der Waals surface area contributed by atoms with Crippen molar-refractivity contribution in [2.75, 3.05) is 12.8 Å². The fraction of sp³-hybridized carbons (Fsp3) is 0.714. The van der Waals surface area contributed by atoms with Crippen molar-refractivity contribution in [2.24, 2.45) is 0 Å². The van der Waals surface area contributed by atoms with Crippen molar-refractivity contribution in [1.29, 1.82) is 0 Å². The van der Waals surface area contributed by atoms with Gasteiger partial charge in [-0.15, -0.1) is 0 Å². The zero-order valence-electron chi connectivity index (χ0n) is 8.48. The first-order chi connectivity index (χ1) is 6.78. The van der Waals surface area contributed by atoms with E-state index in [1.165, 1.54) is 14.0 Å². The van der Waals surface area contributed by atoms with E-state index in [1.807, 2.05) is 0 Å². The van der Waals surface area contributed by atoms with Crippen molar-refractivity contribution in [3.8, 4) is 0 Å². The largest absolute Gasteiger partial charge is 0.481 e. The van der Waals surface area contributed by atoms with E-state index in [2.05, 4.69) is 10.0 Å². The molecule has 7 nitrogen and oxygen atoms in total. The number of carbonyl (C=O) groups is 2. The van der Waals surface area contributed by atoms with E-state index in [1.54, 1.807) is 0 Å². The Balaban J connectivity index is 4.26. The number of carboxylic acid groups (broad SMARTS) is 1. The Morgan fingerprint density at radius 2 is 1.93 bits per heavy atom. The van der Waals surface area contributed by atoms with Crippen LogP contribution in [0.3, 0.4) is 0 Å². The van der Waals surface area contributed by atoms with E-state index in [0.717, 1.165) is 0 Å². The van der Waals surface area contributed by atoms with Gasteiger partial charge in [0.25, 0.3) is 0 Å². The van der Waals surface area contributed by atoms with Gasteiger partial charge in [0.05, 0.1) is 18.2 Å². The van der Waals surface area contributed by atoms with Crippen LogP contribution in [-0.4, -0.2) is 44.2 Å². The van der Waals surface area contributed by atoms with Gasteiger partial charge in [-0.05, 0) is 6.92 Å². The van der Waals surface area contributed by atoms with Gasteiger partial charge in [-0.25, -0.2) is 13.1 Å². The van der Waals surface area contributed by atoms with Crippen LogP contribution in [0.1, 0.15) is 13.3 Å². The summed E-state index contributed by atoms with van der Waals surface area (Å²) in [6, 6.07) is -0.909. The fourth-order valence-corrected chi connectivity index (χ4v) is 2.03. The lowest BCUT2D eigenvalue weighted by Crippen LogP contribution is -2.44. The number of rotatable bonds is 6. The quantitative estimate of drug-likeness (QED) is 0.522. The fourth-order valence-electron chi connectivity index (χ4n) is 0.820. The summed E-state index contributed by atoms with van der Waals surface area (Å²) in [5, 5.41) is 10.6. The molecule has 15 heavy (non-hydrogen) atoms. The summed E-state index contributed by atoms with van der Waals surface area (Å²) in [5.74, 6) is -2.22. The maximum Gasteiger partial charge on any atom is 0.304 e. The first-order valence-corrected chi connectivity index (χ1v) is 5.87. The molecule has 1 amide bonds. The second-order valence-corrected chi connectivity index (χ2v) is 4.79. The van der Waals surface area contributed by atoms with E-state index in [9.17, 15) is 18.0 Å². The summed E-state index contributed by atoms with van der Waals surface area (Å²) in [4.78, 5) is 21.1. The molecule has 3 N–H and O–H groups in total. The molecular formula is C7H14N2O5S. The van der Waals surface area contributed by atoms with E-state index in [0.29, 0.717) is 0 Å². The van der Waals surface area contributed by atoms with E-state index >= 15 is 0 Å². The summed E-state index contributed by atoms with van der Waals surface area (Å²) in [5.41, 5.74) is 0. The molecule has 0 bridgehead atoms. The van der Waals surface area contributed by atoms with Gasteiger partial charge >= 0.3 is 5.97 Å². The van der Waals surface area contributed by atoms with Gasteiger partial charge in [0.2, 0.25) is 15.9 Å². The van der Waals surface area contributed by atoms with Crippen LogP contribution in [0.4, 0.5) is 0 Å². The highest BCUT2D eigenvalue weighted by Gasteiger charge is 2.19. The molecule has 8 heteroatoms. The van der Waals surface area contributed by atoms with Crippen molar-refractivity contribution >= 4 is 21.9 Å². The van der Waals surface area contributed by atoms with Gasteiger partial charge in [0.1, 0.15) is 0 Å². The van der Waals surface area contributed by atoms with E-state index in [-0.39, 0.29) is 0 Å². The maximum atomic E-state index is 11.2. The molecule has 0 aromatic carbocycles. The first-order valence-electron chi connectivity index (χ1n) is 4.22. The molecule has 0 rings (SSSR count). The second-order valence-electron chi connectivity index (χ2n) is 2.92. The van der Waals surface area contributed by atoms with Crippen LogP contribution in [-0.2, 0) is 19.6 Å². The highest BCUT2D eigenvalue weighted by atomic mass is 32.2. The smallest absolute Gasteiger partial charge is 0.304 e. The standard InChI is InChI=1S/C7H14N2O5S/c1-5(7(12)8-2)9-15(13,14)4-3-6(10)11/h5,9H,3-4H2,1-2H3,(H,8,12)(H,10,11).